The van der Waals surface area contributed by atoms with Crippen LogP contribution in [-0.4, -0.2) is 0 Å². The van der Waals surface area contributed by atoms with Gasteiger partial charge in [-0.2, -0.15) is 0 Å². The molecule has 0 spiro atoms. The van der Waals surface area contributed by atoms with Crippen molar-refractivity contribution in [3.05, 3.63) is 212 Å². The second kappa shape index (κ2) is 13.7. The summed E-state index contributed by atoms with van der Waals surface area (Å²) in [6, 6.07) is 77.0. The zero-order chi connectivity index (χ0) is 35.8. The molecule has 0 atom stereocenters. The van der Waals surface area contributed by atoms with Gasteiger partial charge in [-0.25, -0.2) is 0 Å². The molecule has 0 radical (unpaired) electrons. The third kappa shape index (κ3) is 5.84. The summed E-state index contributed by atoms with van der Waals surface area (Å²) in [7, 11) is 0. The van der Waals surface area contributed by atoms with Crippen molar-refractivity contribution in [1.29, 1.82) is 0 Å². The Bertz CT molecular complexity index is 2890. The standard InChI is InChI=1S/C52H35NS/c1-3-12-36(13-4-1)37-22-24-38(25-23-37)39-26-30-43(31-27-39)53(50-20-9-7-17-46(50)40-14-5-2-6-15-40)44-32-28-41(29-33-44)45-19-11-16-42-34-49-47-18-8-10-21-51(47)54-52(49)35-48(42)45/h1-35H. The first kappa shape index (κ1) is 32.0. The van der Waals surface area contributed by atoms with Crippen LogP contribution in [0.2, 0.25) is 0 Å². The summed E-state index contributed by atoms with van der Waals surface area (Å²) in [5.41, 5.74) is 13.0. The van der Waals surface area contributed by atoms with Gasteiger partial charge < -0.3 is 4.90 Å². The predicted octanol–water partition coefficient (Wildman–Crippen LogP) is 15.3. The Balaban J connectivity index is 1.05. The van der Waals surface area contributed by atoms with Crippen LogP contribution in [0.4, 0.5) is 17.1 Å². The number of hydrogen-bond acceptors (Lipinski definition) is 2. The maximum atomic E-state index is 2.39. The number of rotatable bonds is 7. The van der Waals surface area contributed by atoms with Gasteiger partial charge in [-0.3, -0.25) is 0 Å². The number of hydrogen-bond donors (Lipinski definition) is 0. The number of nitrogens with zero attached hydrogens (tertiary/aromatic N) is 1. The highest BCUT2D eigenvalue weighted by Gasteiger charge is 2.18. The molecule has 0 saturated heterocycles. The molecule has 1 aromatic heterocycles. The van der Waals surface area contributed by atoms with E-state index >= 15 is 0 Å². The molecule has 0 amide bonds. The number of thiophene rings is 1. The molecule has 0 N–H and O–H groups in total. The van der Waals surface area contributed by atoms with Gasteiger partial charge in [0, 0.05) is 37.1 Å². The molecule has 0 aliphatic heterocycles. The molecule has 54 heavy (non-hydrogen) atoms. The van der Waals surface area contributed by atoms with Gasteiger partial charge in [0.2, 0.25) is 0 Å². The number of anilines is 3. The number of benzene rings is 9. The van der Waals surface area contributed by atoms with E-state index in [1.165, 1.54) is 75.5 Å². The number of para-hydroxylation sites is 1. The van der Waals surface area contributed by atoms with E-state index in [1.807, 2.05) is 11.3 Å². The van der Waals surface area contributed by atoms with Crippen molar-refractivity contribution in [2.75, 3.05) is 4.90 Å². The van der Waals surface area contributed by atoms with Gasteiger partial charge in [0.15, 0.2) is 0 Å². The van der Waals surface area contributed by atoms with Crippen molar-refractivity contribution in [3.63, 3.8) is 0 Å². The molecule has 0 bridgehead atoms. The van der Waals surface area contributed by atoms with E-state index in [0.29, 0.717) is 0 Å². The van der Waals surface area contributed by atoms with Crippen molar-refractivity contribution >= 4 is 59.3 Å². The molecule has 0 aliphatic carbocycles. The van der Waals surface area contributed by atoms with Crippen LogP contribution in [0.1, 0.15) is 0 Å². The number of fused-ring (bicyclic) bond motifs is 4. The molecular weight excluding hydrogens is 671 g/mol. The monoisotopic (exact) mass is 705 g/mol. The summed E-state index contributed by atoms with van der Waals surface area (Å²) in [6.07, 6.45) is 0. The first-order valence-electron chi connectivity index (χ1n) is 18.4. The SMILES string of the molecule is c1ccc(-c2ccc(-c3ccc(N(c4ccc(-c5cccc6cc7c(cc56)sc5ccccc57)cc4)c4ccccc4-c4ccccc4)cc3)cc2)cc1. The smallest absolute Gasteiger partial charge is 0.0540 e. The van der Waals surface area contributed by atoms with E-state index in [1.54, 1.807) is 0 Å². The lowest BCUT2D eigenvalue weighted by Gasteiger charge is -2.28. The Morgan fingerprint density at radius 2 is 0.796 bits per heavy atom. The summed E-state index contributed by atoms with van der Waals surface area (Å²) in [6.45, 7) is 0. The topological polar surface area (TPSA) is 3.24 Å². The fourth-order valence-corrected chi connectivity index (χ4v) is 8.91. The van der Waals surface area contributed by atoms with Crippen molar-refractivity contribution in [2.24, 2.45) is 0 Å². The Morgan fingerprint density at radius 3 is 1.48 bits per heavy atom. The van der Waals surface area contributed by atoms with Crippen LogP contribution in [0, 0.1) is 0 Å². The molecular formula is C52H35NS. The van der Waals surface area contributed by atoms with Gasteiger partial charge >= 0.3 is 0 Å². The van der Waals surface area contributed by atoms with Gasteiger partial charge in [0.25, 0.3) is 0 Å². The Morgan fingerprint density at radius 1 is 0.296 bits per heavy atom. The van der Waals surface area contributed by atoms with Crippen LogP contribution in [-0.2, 0) is 0 Å². The Labute approximate surface area is 319 Å². The van der Waals surface area contributed by atoms with Crippen molar-refractivity contribution in [1.82, 2.24) is 0 Å². The summed E-state index contributed by atoms with van der Waals surface area (Å²) in [4.78, 5) is 2.39. The minimum Gasteiger partial charge on any atom is -0.310 e. The second-order valence-corrected chi connectivity index (χ2v) is 14.8. The normalized spacial score (nSPS) is 11.3. The quantitative estimate of drug-likeness (QED) is 0.160. The van der Waals surface area contributed by atoms with Crippen molar-refractivity contribution < 1.29 is 0 Å². The fourth-order valence-electron chi connectivity index (χ4n) is 7.79. The first-order valence-corrected chi connectivity index (χ1v) is 19.2. The van der Waals surface area contributed by atoms with E-state index in [0.717, 1.165) is 17.1 Å². The van der Waals surface area contributed by atoms with E-state index in [4.69, 9.17) is 0 Å². The lowest BCUT2D eigenvalue weighted by molar-refractivity contribution is 1.28. The van der Waals surface area contributed by atoms with Gasteiger partial charge in [-0.15, -0.1) is 11.3 Å². The average molecular weight is 706 g/mol. The van der Waals surface area contributed by atoms with Gasteiger partial charge in [0.1, 0.15) is 0 Å². The molecule has 1 heterocycles. The molecule has 9 aromatic carbocycles. The molecule has 0 unspecified atom stereocenters. The molecule has 10 rings (SSSR count). The fraction of sp³-hybridized carbons (Fsp3) is 0. The zero-order valence-corrected chi connectivity index (χ0v) is 30.4. The van der Waals surface area contributed by atoms with E-state index in [9.17, 15) is 0 Å². The minimum atomic E-state index is 1.10. The first-order chi connectivity index (χ1) is 26.8. The second-order valence-electron chi connectivity index (χ2n) is 13.7. The minimum absolute atomic E-state index is 1.10. The van der Waals surface area contributed by atoms with Crippen LogP contribution < -0.4 is 4.90 Å². The predicted molar refractivity (Wildman–Crippen MR) is 233 cm³/mol. The van der Waals surface area contributed by atoms with Crippen LogP contribution in [0.15, 0.2) is 212 Å². The van der Waals surface area contributed by atoms with Crippen LogP contribution in [0.3, 0.4) is 0 Å². The van der Waals surface area contributed by atoms with E-state index in [-0.39, 0.29) is 0 Å². The molecule has 1 nitrogen and oxygen atoms in total. The van der Waals surface area contributed by atoms with Crippen LogP contribution in [0.5, 0.6) is 0 Å². The van der Waals surface area contributed by atoms with Crippen LogP contribution in [0.25, 0.3) is 75.5 Å². The highest BCUT2D eigenvalue weighted by molar-refractivity contribution is 7.25. The summed E-state index contributed by atoms with van der Waals surface area (Å²) < 4.78 is 2.66. The van der Waals surface area contributed by atoms with E-state index < -0.39 is 0 Å². The highest BCUT2D eigenvalue weighted by Crippen LogP contribution is 2.43. The Kier molecular flexibility index (Phi) is 8.09. The summed E-state index contributed by atoms with van der Waals surface area (Å²) in [5.74, 6) is 0. The van der Waals surface area contributed by atoms with Gasteiger partial charge in [0.05, 0.1) is 5.69 Å². The molecule has 0 aliphatic rings. The van der Waals surface area contributed by atoms with Crippen molar-refractivity contribution in [3.8, 4) is 44.5 Å². The average Bonchev–Trinajstić information content (AvgIpc) is 3.61. The highest BCUT2D eigenvalue weighted by atomic mass is 32.1. The van der Waals surface area contributed by atoms with Crippen molar-refractivity contribution in [2.45, 2.75) is 0 Å². The maximum absolute atomic E-state index is 2.39. The lowest BCUT2D eigenvalue weighted by Crippen LogP contribution is -2.11. The third-order valence-corrected chi connectivity index (χ3v) is 11.6. The van der Waals surface area contributed by atoms with E-state index in [2.05, 4.69) is 217 Å². The lowest BCUT2D eigenvalue weighted by atomic mass is 9.96. The van der Waals surface area contributed by atoms with Crippen LogP contribution >= 0.6 is 11.3 Å². The summed E-state index contributed by atoms with van der Waals surface area (Å²) >= 11 is 1.87. The molecule has 0 saturated carbocycles. The Hall–Kier alpha value is -6.74. The maximum Gasteiger partial charge on any atom is 0.0540 e. The molecule has 254 valence electrons. The summed E-state index contributed by atoms with van der Waals surface area (Å²) in [5, 5.41) is 5.21. The zero-order valence-electron chi connectivity index (χ0n) is 29.6. The van der Waals surface area contributed by atoms with Gasteiger partial charge in [-0.05, 0) is 98.2 Å². The molecule has 0 fully saturated rings. The molecule has 2 heteroatoms. The largest absolute Gasteiger partial charge is 0.310 e. The third-order valence-electron chi connectivity index (χ3n) is 10.5. The molecule has 10 aromatic rings. The van der Waals surface area contributed by atoms with Gasteiger partial charge in [-0.1, -0.05) is 164 Å².